The summed E-state index contributed by atoms with van der Waals surface area (Å²) in [5.41, 5.74) is 0. The van der Waals surface area contributed by atoms with Gasteiger partial charge in [-0.05, 0) is 26.2 Å². The summed E-state index contributed by atoms with van der Waals surface area (Å²) < 4.78 is 5.07. The molecule has 0 unspecified atom stereocenters. The zero-order valence-electron chi connectivity index (χ0n) is 18.1. The largest absolute Gasteiger partial charge is 0.450 e. The molecule has 1 saturated heterocycles. The number of piperidine rings is 1. The van der Waals surface area contributed by atoms with Crippen molar-refractivity contribution in [1.29, 1.82) is 0 Å². The van der Waals surface area contributed by atoms with E-state index in [1.54, 1.807) is 30.3 Å². The third kappa shape index (κ3) is 8.62. The molecule has 2 N–H and O–H groups in total. The smallest absolute Gasteiger partial charge is 0.409 e. The molecule has 2 rings (SSSR count). The van der Waals surface area contributed by atoms with E-state index in [1.807, 2.05) is 13.1 Å². The lowest BCUT2D eigenvalue weighted by molar-refractivity contribution is -0.127. The van der Waals surface area contributed by atoms with Gasteiger partial charge in [-0.15, -0.1) is 35.3 Å². The van der Waals surface area contributed by atoms with Crippen LogP contribution in [0, 0.1) is 0 Å². The Hall–Kier alpha value is -1.63. The number of halogens is 1. The van der Waals surface area contributed by atoms with Gasteiger partial charge in [0.1, 0.15) is 11.6 Å². The van der Waals surface area contributed by atoms with Crippen molar-refractivity contribution in [3.63, 3.8) is 0 Å². The second-order valence-corrected chi connectivity index (χ2v) is 8.18. The number of carbonyl (C=O) groups is 2. The van der Waals surface area contributed by atoms with Gasteiger partial charge < -0.3 is 25.2 Å². The van der Waals surface area contributed by atoms with Crippen LogP contribution in [-0.2, 0) is 22.5 Å². The van der Waals surface area contributed by atoms with E-state index in [2.05, 4.69) is 27.5 Å². The van der Waals surface area contributed by atoms with Gasteiger partial charge in [-0.1, -0.05) is 6.92 Å². The molecule has 2 amide bonds. The summed E-state index contributed by atoms with van der Waals surface area (Å²) in [6, 6.07) is 0.170. The van der Waals surface area contributed by atoms with E-state index in [1.165, 1.54) is 9.78 Å². The number of ether oxygens (including phenoxy) is 1. The summed E-state index contributed by atoms with van der Waals surface area (Å²) in [7, 11) is 3.43. The first kappa shape index (κ1) is 26.4. The van der Waals surface area contributed by atoms with Crippen molar-refractivity contribution in [3.05, 3.63) is 16.1 Å². The monoisotopic (exact) mass is 552 g/mol. The van der Waals surface area contributed by atoms with E-state index in [0.29, 0.717) is 32.2 Å². The number of rotatable bonds is 7. The van der Waals surface area contributed by atoms with E-state index in [0.717, 1.165) is 24.3 Å². The molecule has 1 fully saturated rings. The minimum Gasteiger partial charge on any atom is -0.450 e. The maximum absolute atomic E-state index is 11.9. The minimum atomic E-state index is -0.259. The SMILES string of the molecule is CCOC(=O)N1CCC(NC(=NCC(=O)N(C)C)NCc2ncc(CC)s2)CC1.I. The highest BCUT2D eigenvalue weighted by Crippen LogP contribution is 2.14. The van der Waals surface area contributed by atoms with Crippen molar-refractivity contribution >= 4 is 53.3 Å². The average molecular weight is 552 g/mol. The van der Waals surface area contributed by atoms with Crippen molar-refractivity contribution in [2.45, 2.75) is 45.7 Å². The normalized spacial score (nSPS) is 14.7. The van der Waals surface area contributed by atoms with Crippen LogP contribution >= 0.6 is 35.3 Å². The maximum Gasteiger partial charge on any atom is 0.409 e. The highest BCUT2D eigenvalue weighted by molar-refractivity contribution is 14.0. The molecule has 0 saturated carbocycles. The highest BCUT2D eigenvalue weighted by Gasteiger charge is 2.24. The molecular formula is C19H33IN6O3S. The molecular weight excluding hydrogens is 519 g/mol. The lowest BCUT2D eigenvalue weighted by Crippen LogP contribution is -2.50. The fourth-order valence-electron chi connectivity index (χ4n) is 2.81. The fraction of sp³-hybridized carbons (Fsp3) is 0.684. The molecule has 9 nitrogen and oxygen atoms in total. The molecule has 0 radical (unpaired) electrons. The van der Waals surface area contributed by atoms with Crippen molar-refractivity contribution < 1.29 is 14.3 Å². The topological polar surface area (TPSA) is 99.2 Å². The number of likely N-dealkylation sites (tertiary alicyclic amines) is 1. The van der Waals surface area contributed by atoms with Gasteiger partial charge in [0.2, 0.25) is 5.91 Å². The van der Waals surface area contributed by atoms with Crippen LogP contribution in [0.1, 0.15) is 36.6 Å². The number of thiazole rings is 1. The van der Waals surface area contributed by atoms with E-state index in [-0.39, 0.29) is 48.6 Å². The molecule has 0 aromatic carbocycles. The van der Waals surface area contributed by atoms with Gasteiger partial charge in [0.15, 0.2) is 5.96 Å². The summed E-state index contributed by atoms with van der Waals surface area (Å²) in [6.45, 7) is 6.18. The first-order chi connectivity index (χ1) is 13.9. The van der Waals surface area contributed by atoms with Crippen LogP contribution < -0.4 is 10.6 Å². The number of aryl methyl sites for hydroxylation is 1. The number of aliphatic imine (C=N–C) groups is 1. The van der Waals surface area contributed by atoms with Crippen LogP contribution in [0.5, 0.6) is 0 Å². The summed E-state index contributed by atoms with van der Waals surface area (Å²) >= 11 is 1.67. The quantitative estimate of drug-likeness (QED) is 0.306. The van der Waals surface area contributed by atoms with Crippen LogP contribution in [0.2, 0.25) is 0 Å². The van der Waals surface area contributed by atoms with Gasteiger partial charge in [-0.2, -0.15) is 0 Å². The van der Waals surface area contributed by atoms with Crippen molar-refractivity contribution in [3.8, 4) is 0 Å². The van der Waals surface area contributed by atoms with Gasteiger partial charge in [0, 0.05) is 44.3 Å². The maximum atomic E-state index is 11.9. The molecule has 30 heavy (non-hydrogen) atoms. The van der Waals surface area contributed by atoms with E-state index >= 15 is 0 Å². The number of amides is 2. The number of carbonyl (C=O) groups excluding carboxylic acids is 2. The number of nitrogens with one attached hydrogen (secondary N) is 2. The van der Waals surface area contributed by atoms with Crippen LogP contribution in [0.3, 0.4) is 0 Å². The number of likely N-dealkylation sites (N-methyl/N-ethyl adjacent to an activating group) is 1. The Bertz CT molecular complexity index is 704. The second-order valence-electron chi connectivity index (χ2n) is 6.98. The molecule has 0 spiro atoms. The van der Waals surface area contributed by atoms with Crippen LogP contribution in [0.4, 0.5) is 4.79 Å². The summed E-state index contributed by atoms with van der Waals surface area (Å²) in [6.07, 6.45) is 4.18. The third-order valence-corrected chi connectivity index (χ3v) is 5.73. The van der Waals surface area contributed by atoms with E-state index in [4.69, 9.17) is 4.74 Å². The molecule has 1 aliphatic rings. The van der Waals surface area contributed by atoms with Gasteiger partial charge in [0.05, 0.1) is 13.2 Å². The van der Waals surface area contributed by atoms with Gasteiger partial charge in [-0.3, -0.25) is 4.79 Å². The van der Waals surface area contributed by atoms with Crippen molar-refractivity contribution in [2.24, 2.45) is 4.99 Å². The second kappa shape index (κ2) is 13.6. The molecule has 0 bridgehead atoms. The Morgan fingerprint density at radius 3 is 2.60 bits per heavy atom. The van der Waals surface area contributed by atoms with Crippen molar-refractivity contribution in [1.82, 2.24) is 25.4 Å². The molecule has 170 valence electrons. The fourth-order valence-corrected chi connectivity index (χ4v) is 3.61. The first-order valence-electron chi connectivity index (χ1n) is 10.0. The lowest BCUT2D eigenvalue weighted by Gasteiger charge is -2.32. The lowest BCUT2D eigenvalue weighted by atomic mass is 10.1. The summed E-state index contributed by atoms with van der Waals surface area (Å²) in [4.78, 5) is 37.1. The standard InChI is InChI=1S/C19H32N6O3S.HI/c1-5-15-11-20-16(29-15)12-21-18(22-13-17(26)24(3)4)23-14-7-9-25(10-8-14)19(27)28-6-2;/h11,14H,5-10,12-13H2,1-4H3,(H2,21,22,23);1H. The molecule has 11 heteroatoms. The van der Waals surface area contributed by atoms with Gasteiger partial charge in [-0.25, -0.2) is 14.8 Å². The van der Waals surface area contributed by atoms with Crippen LogP contribution in [0.15, 0.2) is 11.2 Å². The molecule has 0 aliphatic carbocycles. The Kier molecular flexibility index (Phi) is 12.0. The number of aromatic nitrogens is 1. The Morgan fingerprint density at radius 1 is 1.33 bits per heavy atom. The third-order valence-electron chi connectivity index (χ3n) is 4.59. The zero-order chi connectivity index (χ0) is 21.2. The number of guanidine groups is 1. The van der Waals surface area contributed by atoms with Crippen LogP contribution in [-0.4, -0.2) is 79.1 Å². The van der Waals surface area contributed by atoms with Gasteiger partial charge >= 0.3 is 6.09 Å². The van der Waals surface area contributed by atoms with E-state index in [9.17, 15) is 9.59 Å². The predicted octanol–water partition coefficient (Wildman–Crippen LogP) is 2.07. The molecule has 0 atom stereocenters. The average Bonchev–Trinajstić information content (AvgIpc) is 3.18. The number of nitrogens with zero attached hydrogens (tertiary/aromatic N) is 4. The van der Waals surface area contributed by atoms with Crippen molar-refractivity contribution in [2.75, 3.05) is 40.3 Å². The number of hydrogen-bond acceptors (Lipinski definition) is 6. The Balaban J connectivity index is 0.00000450. The minimum absolute atomic E-state index is 0. The summed E-state index contributed by atoms with van der Waals surface area (Å²) in [5.74, 6) is 0.522. The predicted molar refractivity (Wildman–Crippen MR) is 129 cm³/mol. The molecule has 1 aliphatic heterocycles. The molecule has 1 aromatic heterocycles. The first-order valence-corrected chi connectivity index (χ1v) is 10.8. The molecule has 2 heterocycles. The molecule has 1 aromatic rings. The number of hydrogen-bond donors (Lipinski definition) is 2. The van der Waals surface area contributed by atoms with E-state index < -0.39 is 0 Å². The zero-order valence-corrected chi connectivity index (χ0v) is 21.3. The Labute approximate surface area is 199 Å². The van der Waals surface area contributed by atoms with Gasteiger partial charge in [0.25, 0.3) is 0 Å². The summed E-state index contributed by atoms with van der Waals surface area (Å²) in [5, 5.41) is 7.66. The highest BCUT2D eigenvalue weighted by atomic mass is 127. The Morgan fingerprint density at radius 2 is 2.03 bits per heavy atom. The van der Waals surface area contributed by atoms with Crippen LogP contribution in [0.25, 0.3) is 0 Å².